The molecule has 0 atom stereocenters. The van der Waals surface area contributed by atoms with Gasteiger partial charge in [0.05, 0.1) is 6.54 Å². The number of alkyl halides is 2. The number of hydrogen-bond acceptors (Lipinski definition) is 5. The number of halogens is 2. The molecule has 0 bridgehead atoms. The molecule has 2 heterocycles. The van der Waals surface area contributed by atoms with E-state index in [1.807, 2.05) is 4.90 Å². The van der Waals surface area contributed by atoms with E-state index in [4.69, 9.17) is 5.11 Å². The molecule has 1 aromatic rings. The second-order valence-electron chi connectivity index (χ2n) is 5.39. The summed E-state index contributed by atoms with van der Waals surface area (Å²) < 4.78 is 34.7. The van der Waals surface area contributed by atoms with E-state index in [0.29, 0.717) is 19.6 Å². The molecule has 0 amide bonds. The summed E-state index contributed by atoms with van der Waals surface area (Å²) in [5, 5.41) is 8.76. The molecule has 0 saturated carbocycles. The van der Waals surface area contributed by atoms with Crippen molar-refractivity contribution in [3.8, 4) is 11.5 Å². The van der Waals surface area contributed by atoms with Gasteiger partial charge in [0.25, 0.3) is 0 Å². The number of rotatable bonds is 4. The average molecular weight is 314 g/mol. The topological polar surface area (TPSA) is 62.2 Å². The Morgan fingerprint density at radius 2 is 1.77 bits per heavy atom. The second kappa shape index (κ2) is 5.69. The minimum absolute atomic E-state index is 0.0417. The Hall–Kier alpha value is -1.93. The maximum Gasteiger partial charge on any atom is 0.586 e. The first-order valence-corrected chi connectivity index (χ1v) is 6.96. The summed E-state index contributed by atoms with van der Waals surface area (Å²) in [6.07, 6.45) is -3.59. The van der Waals surface area contributed by atoms with Crippen LogP contribution in [0.1, 0.15) is 5.56 Å². The van der Waals surface area contributed by atoms with E-state index in [0.717, 1.165) is 18.7 Å². The molecule has 8 heteroatoms. The molecule has 120 valence electrons. The molecule has 6 nitrogen and oxygen atoms in total. The van der Waals surface area contributed by atoms with Crippen molar-refractivity contribution in [2.45, 2.75) is 12.8 Å². The van der Waals surface area contributed by atoms with Crippen LogP contribution < -0.4 is 9.47 Å². The number of carboxylic acids is 1. The third-order valence-electron chi connectivity index (χ3n) is 3.70. The minimum atomic E-state index is -3.59. The maximum absolute atomic E-state index is 13.0. The lowest BCUT2D eigenvalue weighted by Crippen LogP contribution is -2.47. The zero-order chi connectivity index (χ0) is 15.7. The van der Waals surface area contributed by atoms with Crippen molar-refractivity contribution in [2.75, 3.05) is 32.7 Å². The quantitative estimate of drug-likeness (QED) is 0.901. The predicted molar refractivity (Wildman–Crippen MR) is 72.0 cm³/mol. The molecule has 1 fully saturated rings. The number of aliphatic carboxylic acids is 1. The summed E-state index contributed by atoms with van der Waals surface area (Å²) in [7, 11) is 0. The molecular weight excluding hydrogens is 298 g/mol. The molecule has 3 rings (SSSR count). The maximum atomic E-state index is 13.0. The van der Waals surface area contributed by atoms with E-state index >= 15 is 0 Å². The van der Waals surface area contributed by atoms with E-state index in [1.54, 1.807) is 12.1 Å². The van der Waals surface area contributed by atoms with Gasteiger partial charge in [-0.25, -0.2) is 0 Å². The summed E-state index contributed by atoms with van der Waals surface area (Å²) in [4.78, 5) is 14.7. The van der Waals surface area contributed by atoms with Crippen molar-refractivity contribution in [1.29, 1.82) is 0 Å². The van der Waals surface area contributed by atoms with Gasteiger partial charge in [0.15, 0.2) is 11.5 Å². The monoisotopic (exact) mass is 314 g/mol. The lowest BCUT2D eigenvalue weighted by atomic mass is 10.1. The van der Waals surface area contributed by atoms with Crippen LogP contribution >= 0.6 is 0 Å². The molecule has 1 N–H and O–H groups in total. The van der Waals surface area contributed by atoms with E-state index in [1.165, 1.54) is 6.07 Å². The van der Waals surface area contributed by atoms with Crippen LogP contribution in [0.15, 0.2) is 18.2 Å². The van der Waals surface area contributed by atoms with Crippen LogP contribution in [-0.2, 0) is 11.3 Å². The summed E-state index contributed by atoms with van der Waals surface area (Å²) in [5.74, 6) is -0.739. The SMILES string of the molecule is O=C(O)CN1CCN(Cc2ccc3c(c2)OC(F)(F)O3)CC1. The number of fused-ring (bicyclic) bond motifs is 1. The second-order valence-corrected chi connectivity index (χ2v) is 5.39. The van der Waals surface area contributed by atoms with Crippen LogP contribution in [0.25, 0.3) is 0 Å². The molecule has 0 aliphatic carbocycles. The van der Waals surface area contributed by atoms with Gasteiger partial charge < -0.3 is 14.6 Å². The minimum Gasteiger partial charge on any atom is -0.480 e. The third kappa shape index (κ3) is 3.45. The summed E-state index contributed by atoms with van der Waals surface area (Å²) in [5.41, 5.74) is 0.853. The van der Waals surface area contributed by atoms with Gasteiger partial charge in [-0.1, -0.05) is 6.07 Å². The Morgan fingerprint density at radius 3 is 2.45 bits per heavy atom. The molecular formula is C14H16F2N2O4. The van der Waals surface area contributed by atoms with Gasteiger partial charge in [-0.3, -0.25) is 14.6 Å². The summed E-state index contributed by atoms with van der Waals surface area (Å²) in [6, 6.07) is 4.76. The Bertz CT molecular complexity index is 574. The van der Waals surface area contributed by atoms with Crippen molar-refractivity contribution in [1.82, 2.24) is 9.80 Å². The molecule has 2 aliphatic heterocycles. The Labute approximate surface area is 125 Å². The first-order valence-electron chi connectivity index (χ1n) is 6.96. The van der Waals surface area contributed by atoms with E-state index in [9.17, 15) is 13.6 Å². The first kappa shape index (κ1) is 15.0. The molecule has 0 spiro atoms. The summed E-state index contributed by atoms with van der Waals surface area (Å²) >= 11 is 0. The summed E-state index contributed by atoms with van der Waals surface area (Å²) in [6.45, 7) is 3.47. The molecule has 1 saturated heterocycles. The number of piperazine rings is 1. The normalized spacial score (nSPS) is 21.0. The number of ether oxygens (including phenoxy) is 2. The van der Waals surface area contributed by atoms with Crippen LogP contribution in [-0.4, -0.2) is 59.9 Å². The molecule has 0 unspecified atom stereocenters. The highest BCUT2D eigenvalue weighted by Gasteiger charge is 2.43. The fourth-order valence-electron chi connectivity index (χ4n) is 2.65. The predicted octanol–water partition coefficient (Wildman–Crippen LogP) is 1.21. The zero-order valence-electron chi connectivity index (χ0n) is 11.8. The Kier molecular flexibility index (Phi) is 3.88. The van der Waals surface area contributed by atoms with Crippen LogP contribution in [0.5, 0.6) is 11.5 Å². The van der Waals surface area contributed by atoms with Gasteiger partial charge in [0.2, 0.25) is 0 Å². The van der Waals surface area contributed by atoms with Crippen molar-refractivity contribution in [3.63, 3.8) is 0 Å². The number of carbonyl (C=O) groups is 1. The standard InChI is InChI=1S/C14H16F2N2O4/c15-14(16)21-11-2-1-10(7-12(11)22-14)8-17-3-5-18(6-4-17)9-13(19)20/h1-2,7H,3-6,8-9H2,(H,19,20). The highest BCUT2D eigenvalue weighted by Crippen LogP contribution is 2.41. The van der Waals surface area contributed by atoms with Crippen molar-refractivity contribution >= 4 is 5.97 Å². The average Bonchev–Trinajstić information content (AvgIpc) is 2.73. The highest BCUT2D eigenvalue weighted by atomic mass is 19.3. The van der Waals surface area contributed by atoms with Gasteiger partial charge in [-0.15, -0.1) is 8.78 Å². The highest BCUT2D eigenvalue weighted by molar-refractivity contribution is 5.69. The number of benzene rings is 1. The molecule has 0 radical (unpaired) electrons. The smallest absolute Gasteiger partial charge is 0.480 e. The van der Waals surface area contributed by atoms with Crippen LogP contribution in [0.4, 0.5) is 8.78 Å². The van der Waals surface area contributed by atoms with Gasteiger partial charge >= 0.3 is 12.3 Å². The number of hydrogen-bond donors (Lipinski definition) is 1. The molecule has 1 aromatic carbocycles. The number of nitrogens with zero attached hydrogens (tertiary/aromatic N) is 2. The fraction of sp³-hybridized carbons (Fsp3) is 0.500. The van der Waals surface area contributed by atoms with Crippen molar-refractivity contribution in [2.24, 2.45) is 0 Å². The van der Waals surface area contributed by atoms with E-state index in [-0.39, 0.29) is 18.0 Å². The van der Waals surface area contributed by atoms with Gasteiger partial charge in [0, 0.05) is 32.7 Å². The lowest BCUT2D eigenvalue weighted by Gasteiger charge is -2.33. The Morgan fingerprint density at radius 1 is 1.14 bits per heavy atom. The molecule has 2 aliphatic rings. The van der Waals surface area contributed by atoms with E-state index < -0.39 is 12.3 Å². The van der Waals surface area contributed by atoms with Gasteiger partial charge in [0.1, 0.15) is 0 Å². The van der Waals surface area contributed by atoms with Crippen LogP contribution in [0.3, 0.4) is 0 Å². The molecule has 22 heavy (non-hydrogen) atoms. The van der Waals surface area contributed by atoms with Crippen molar-refractivity contribution < 1.29 is 28.2 Å². The molecule has 0 aromatic heterocycles. The third-order valence-corrected chi connectivity index (χ3v) is 3.70. The largest absolute Gasteiger partial charge is 0.586 e. The van der Waals surface area contributed by atoms with Gasteiger partial charge in [-0.05, 0) is 17.7 Å². The lowest BCUT2D eigenvalue weighted by molar-refractivity contribution is -0.286. The number of carboxylic acid groups (broad SMARTS) is 1. The Balaban J connectivity index is 1.56. The van der Waals surface area contributed by atoms with Gasteiger partial charge in [-0.2, -0.15) is 0 Å². The van der Waals surface area contributed by atoms with Crippen LogP contribution in [0.2, 0.25) is 0 Å². The van der Waals surface area contributed by atoms with E-state index in [2.05, 4.69) is 14.4 Å². The zero-order valence-corrected chi connectivity index (χ0v) is 11.8. The van der Waals surface area contributed by atoms with Crippen molar-refractivity contribution in [3.05, 3.63) is 23.8 Å². The first-order chi connectivity index (χ1) is 10.4. The fourth-order valence-corrected chi connectivity index (χ4v) is 2.65. The van der Waals surface area contributed by atoms with Crippen LogP contribution in [0, 0.1) is 0 Å².